The first-order valence-electron chi connectivity index (χ1n) is 11.8. The quantitative estimate of drug-likeness (QED) is 0.305. The molecule has 0 unspecified atom stereocenters. The standard InChI is InChI=1S/C25H35BrO5/c1-15(27)31-17-8-10-24(2)16(12-17)4-5-18-19-6-7-21(22(28)14-30-23(29)13-26)25(19,3)11-9-20(18)24/h4,17-21H,5-14H2,1-3H3/t17-,18-,19-,20-,21+,24-,25-/m1/s1. The molecule has 0 bridgehead atoms. The van der Waals surface area contributed by atoms with E-state index in [1.54, 1.807) is 0 Å². The van der Waals surface area contributed by atoms with Crippen LogP contribution in [0.3, 0.4) is 0 Å². The molecule has 0 amide bonds. The van der Waals surface area contributed by atoms with E-state index in [9.17, 15) is 14.4 Å². The van der Waals surface area contributed by atoms with Crippen LogP contribution in [0.5, 0.6) is 0 Å². The Bertz CT molecular complexity index is 791. The zero-order valence-corrected chi connectivity index (χ0v) is 20.5. The van der Waals surface area contributed by atoms with Crippen molar-refractivity contribution in [2.45, 2.75) is 78.2 Å². The highest BCUT2D eigenvalue weighted by Gasteiger charge is 2.59. The van der Waals surface area contributed by atoms with Gasteiger partial charge in [-0.1, -0.05) is 41.4 Å². The van der Waals surface area contributed by atoms with E-state index >= 15 is 0 Å². The number of esters is 2. The number of Topliss-reactive ketones (excluding diaryl/α,β-unsaturated/α-hetero) is 1. The number of hydrogen-bond acceptors (Lipinski definition) is 5. The van der Waals surface area contributed by atoms with Gasteiger partial charge >= 0.3 is 11.9 Å². The van der Waals surface area contributed by atoms with Crippen molar-refractivity contribution in [3.63, 3.8) is 0 Å². The predicted molar refractivity (Wildman–Crippen MR) is 121 cm³/mol. The van der Waals surface area contributed by atoms with Crippen LogP contribution in [0.25, 0.3) is 0 Å². The molecule has 0 aliphatic heterocycles. The highest BCUT2D eigenvalue weighted by Crippen LogP contribution is 2.66. The van der Waals surface area contributed by atoms with Crippen molar-refractivity contribution in [2.75, 3.05) is 11.9 Å². The van der Waals surface area contributed by atoms with Crippen molar-refractivity contribution >= 4 is 33.7 Å². The molecule has 6 heteroatoms. The summed E-state index contributed by atoms with van der Waals surface area (Å²) >= 11 is 3.08. The average molecular weight is 495 g/mol. The average Bonchev–Trinajstić information content (AvgIpc) is 3.09. The smallest absolute Gasteiger partial charge is 0.316 e. The summed E-state index contributed by atoms with van der Waals surface area (Å²) in [7, 11) is 0. The van der Waals surface area contributed by atoms with E-state index in [0.717, 1.165) is 51.4 Å². The molecule has 4 aliphatic carbocycles. The Labute approximate surface area is 193 Å². The maximum Gasteiger partial charge on any atom is 0.316 e. The summed E-state index contributed by atoms with van der Waals surface area (Å²) in [5.41, 5.74) is 1.69. The molecule has 0 radical (unpaired) electrons. The van der Waals surface area contributed by atoms with E-state index in [1.807, 2.05) is 0 Å². The summed E-state index contributed by atoms with van der Waals surface area (Å²) in [6.07, 6.45) is 10.7. The van der Waals surface area contributed by atoms with Crippen molar-refractivity contribution in [3.05, 3.63) is 11.6 Å². The minimum absolute atomic E-state index is 0.000499. The van der Waals surface area contributed by atoms with E-state index in [4.69, 9.17) is 9.47 Å². The van der Waals surface area contributed by atoms with Crippen molar-refractivity contribution in [1.29, 1.82) is 0 Å². The highest BCUT2D eigenvalue weighted by molar-refractivity contribution is 9.09. The van der Waals surface area contributed by atoms with Gasteiger partial charge in [-0.3, -0.25) is 14.4 Å². The van der Waals surface area contributed by atoms with Crippen LogP contribution in [0.1, 0.15) is 72.1 Å². The van der Waals surface area contributed by atoms with Crippen LogP contribution in [-0.4, -0.2) is 35.8 Å². The number of rotatable bonds is 5. The van der Waals surface area contributed by atoms with Crippen LogP contribution in [0, 0.1) is 34.5 Å². The van der Waals surface area contributed by atoms with E-state index in [1.165, 1.54) is 12.5 Å². The number of ether oxygens (including phenoxy) is 2. The summed E-state index contributed by atoms with van der Waals surface area (Å²) in [6.45, 7) is 6.15. The molecule has 0 aromatic rings. The van der Waals surface area contributed by atoms with Gasteiger partial charge < -0.3 is 9.47 Å². The fourth-order valence-electron chi connectivity index (χ4n) is 7.78. The number of carbonyl (C=O) groups is 3. The van der Waals surface area contributed by atoms with Crippen molar-refractivity contribution in [3.8, 4) is 0 Å². The van der Waals surface area contributed by atoms with Crippen LogP contribution in [0.15, 0.2) is 11.6 Å². The summed E-state index contributed by atoms with van der Waals surface area (Å²) in [5, 5.41) is 0.125. The van der Waals surface area contributed by atoms with Crippen LogP contribution < -0.4 is 0 Å². The maximum atomic E-state index is 13.0. The first-order valence-corrected chi connectivity index (χ1v) is 12.9. The number of ketones is 1. The van der Waals surface area contributed by atoms with Gasteiger partial charge in [-0.2, -0.15) is 0 Å². The molecule has 3 saturated carbocycles. The third kappa shape index (κ3) is 4.02. The fraction of sp³-hybridized carbons (Fsp3) is 0.800. The zero-order chi connectivity index (χ0) is 22.4. The van der Waals surface area contributed by atoms with Gasteiger partial charge in [-0.25, -0.2) is 0 Å². The third-order valence-electron chi connectivity index (χ3n) is 9.26. The lowest BCUT2D eigenvalue weighted by Crippen LogP contribution is -2.51. The zero-order valence-electron chi connectivity index (χ0n) is 19.0. The Morgan fingerprint density at radius 3 is 2.58 bits per heavy atom. The maximum absolute atomic E-state index is 13.0. The molecule has 172 valence electrons. The molecule has 0 heterocycles. The summed E-state index contributed by atoms with van der Waals surface area (Å²) in [5.74, 6) is 1.34. The normalized spacial score (nSPS) is 41.3. The molecule has 4 rings (SSSR count). The first kappa shape index (κ1) is 23.0. The molecule has 31 heavy (non-hydrogen) atoms. The topological polar surface area (TPSA) is 69.7 Å². The lowest BCUT2D eigenvalue weighted by atomic mass is 9.47. The lowest BCUT2D eigenvalue weighted by Gasteiger charge is -2.58. The lowest BCUT2D eigenvalue weighted by molar-refractivity contribution is -0.149. The monoisotopic (exact) mass is 494 g/mol. The molecule has 0 saturated heterocycles. The van der Waals surface area contributed by atoms with E-state index in [0.29, 0.717) is 17.8 Å². The van der Waals surface area contributed by atoms with Crippen LogP contribution in [0.4, 0.5) is 0 Å². The third-order valence-corrected chi connectivity index (χ3v) is 9.72. The van der Waals surface area contributed by atoms with Gasteiger partial charge in [0, 0.05) is 19.3 Å². The predicted octanol–water partition coefficient (Wildman–Crippen LogP) is 5.00. The van der Waals surface area contributed by atoms with Crippen molar-refractivity contribution < 1.29 is 23.9 Å². The van der Waals surface area contributed by atoms with Crippen molar-refractivity contribution in [2.24, 2.45) is 34.5 Å². The molecule has 5 nitrogen and oxygen atoms in total. The number of fused-ring (bicyclic) bond motifs is 5. The highest BCUT2D eigenvalue weighted by atomic mass is 79.9. The molecule has 0 N–H and O–H groups in total. The number of carbonyl (C=O) groups excluding carboxylic acids is 3. The van der Waals surface area contributed by atoms with Gasteiger partial charge in [0.1, 0.15) is 18.0 Å². The Morgan fingerprint density at radius 2 is 1.87 bits per heavy atom. The SMILES string of the molecule is CC(=O)O[C@@H]1CC[C@]2(C)C(=CC[C@@H]3[C@H]4CC[C@@H](C(=O)COC(=O)CBr)[C@]4(C)CC[C@H]32)C1. The summed E-state index contributed by atoms with van der Waals surface area (Å²) in [4.78, 5) is 35.9. The van der Waals surface area contributed by atoms with Gasteiger partial charge in [0.2, 0.25) is 0 Å². The van der Waals surface area contributed by atoms with Crippen LogP contribution in [-0.2, 0) is 23.9 Å². The second kappa shape index (κ2) is 8.64. The van der Waals surface area contributed by atoms with Gasteiger partial charge in [-0.15, -0.1) is 0 Å². The molecule has 0 aromatic heterocycles. The Morgan fingerprint density at radius 1 is 1.10 bits per heavy atom. The minimum atomic E-state index is -0.376. The first-order chi connectivity index (χ1) is 14.7. The molecular weight excluding hydrogens is 460 g/mol. The van der Waals surface area contributed by atoms with E-state index in [2.05, 4.69) is 35.9 Å². The molecule has 7 atom stereocenters. The number of allylic oxidation sites excluding steroid dienone is 1. The van der Waals surface area contributed by atoms with E-state index in [-0.39, 0.29) is 52.5 Å². The van der Waals surface area contributed by atoms with Crippen LogP contribution in [0.2, 0.25) is 0 Å². The fourth-order valence-corrected chi connectivity index (χ4v) is 7.94. The summed E-state index contributed by atoms with van der Waals surface area (Å²) < 4.78 is 10.7. The molecule has 3 fully saturated rings. The minimum Gasteiger partial charge on any atom is -0.462 e. The molecular formula is C25H35BrO5. The van der Waals surface area contributed by atoms with Crippen LogP contribution >= 0.6 is 15.9 Å². The number of alkyl halides is 1. The van der Waals surface area contributed by atoms with Crippen molar-refractivity contribution in [1.82, 2.24) is 0 Å². The Balaban J connectivity index is 1.49. The Hall–Kier alpha value is -1.17. The van der Waals surface area contributed by atoms with Gasteiger partial charge in [0.15, 0.2) is 5.78 Å². The number of halogens is 1. The second-order valence-corrected chi connectivity index (χ2v) is 11.2. The molecule has 4 aliphatic rings. The molecule has 0 spiro atoms. The summed E-state index contributed by atoms with van der Waals surface area (Å²) in [6, 6.07) is 0. The largest absolute Gasteiger partial charge is 0.462 e. The number of hydrogen-bond donors (Lipinski definition) is 0. The van der Waals surface area contributed by atoms with Gasteiger partial charge in [0.05, 0.1) is 0 Å². The molecule has 0 aromatic carbocycles. The van der Waals surface area contributed by atoms with Gasteiger partial charge in [-0.05, 0) is 73.5 Å². The van der Waals surface area contributed by atoms with Gasteiger partial charge in [0.25, 0.3) is 0 Å². The Kier molecular flexibility index (Phi) is 6.41. The van der Waals surface area contributed by atoms with E-state index < -0.39 is 0 Å². The second-order valence-electron chi connectivity index (χ2n) is 10.7.